The monoisotopic (exact) mass is 288 g/mol. The lowest BCUT2D eigenvalue weighted by atomic mass is 10.1. The number of carbonyl (C=O) groups is 1. The molecule has 0 unspecified atom stereocenters. The van der Waals surface area contributed by atoms with Gasteiger partial charge in [0, 0.05) is 17.5 Å². The Morgan fingerprint density at radius 2 is 1.86 bits per heavy atom. The van der Waals surface area contributed by atoms with E-state index in [9.17, 15) is 9.18 Å². The van der Waals surface area contributed by atoms with E-state index in [4.69, 9.17) is 9.47 Å². The minimum atomic E-state index is -0.419. The molecule has 0 atom stereocenters. The van der Waals surface area contributed by atoms with Gasteiger partial charge in [0.05, 0.1) is 7.11 Å². The molecule has 2 rings (SSSR count). The Morgan fingerprint density at radius 1 is 1.14 bits per heavy atom. The van der Waals surface area contributed by atoms with Crippen molar-refractivity contribution in [1.82, 2.24) is 0 Å². The molecule has 21 heavy (non-hydrogen) atoms. The fourth-order valence-electron chi connectivity index (χ4n) is 1.93. The standard InChI is InChI=1S/C17H17FO3/c1-3-15(19)12-7-9-14(10-8-12)21-11-13-5-4-6-16(20-2)17(13)18/h4-10H,3,11H2,1-2H3. The quantitative estimate of drug-likeness (QED) is 0.753. The third-order valence-electron chi connectivity index (χ3n) is 3.15. The average molecular weight is 288 g/mol. The Kier molecular flexibility index (Phi) is 4.93. The van der Waals surface area contributed by atoms with Crippen molar-refractivity contribution in [1.29, 1.82) is 0 Å². The predicted octanol–water partition coefficient (Wildman–Crippen LogP) is 4.01. The van der Waals surface area contributed by atoms with Crippen molar-refractivity contribution in [2.75, 3.05) is 7.11 Å². The molecule has 0 fully saturated rings. The molecule has 0 N–H and O–H groups in total. The summed E-state index contributed by atoms with van der Waals surface area (Å²) in [5.41, 5.74) is 1.07. The largest absolute Gasteiger partial charge is 0.494 e. The molecule has 0 heterocycles. The Labute approximate surface area is 123 Å². The molecule has 2 aromatic rings. The second-order valence-corrected chi connectivity index (χ2v) is 4.52. The van der Waals surface area contributed by atoms with Crippen LogP contribution in [0.1, 0.15) is 29.3 Å². The molecule has 0 spiro atoms. The average Bonchev–Trinajstić information content (AvgIpc) is 2.53. The lowest BCUT2D eigenvalue weighted by molar-refractivity contribution is 0.0988. The van der Waals surface area contributed by atoms with E-state index < -0.39 is 5.82 Å². The van der Waals surface area contributed by atoms with E-state index in [0.717, 1.165) is 0 Å². The van der Waals surface area contributed by atoms with Crippen molar-refractivity contribution in [3.05, 3.63) is 59.4 Å². The van der Waals surface area contributed by atoms with Gasteiger partial charge in [-0.05, 0) is 30.3 Å². The number of hydrogen-bond donors (Lipinski definition) is 0. The second-order valence-electron chi connectivity index (χ2n) is 4.52. The van der Waals surface area contributed by atoms with Crippen LogP contribution >= 0.6 is 0 Å². The van der Waals surface area contributed by atoms with E-state index in [-0.39, 0.29) is 18.1 Å². The van der Waals surface area contributed by atoms with Gasteiger partial charge in [0.25, 0.3) is 0 Å². The molecule has 0 radical (unpaired) electrons. The molecule has 0 bridgehead atoms. The molecule has 0 amide bonds. The van der Waals surface area contributed by atoms with Crippen LogP contribution in [0, 0.1) is 5.82 Å². The van der Waals surface area contributed by atoms with E-state index in [1.807, 2.05) is 6.92 Å². The van der Waals surface area contributed by atoms with Gasteiger partial charge in [0.1, 0.15) is 12.4 Å². The summed E-state index contributed by atoms with van der Waals surface area (Å²) >= 11 is 0. The van der Waals surface area contributed by atoms with E-state index in [0.29, 0.717) is 23.3 Å². The van der Waals surface area contributed by atoms with Crippen molar-refractivity contribution >= 4 is 5.78 Å². The summed E-state index contributed by atoms with van der Waals surface area (Å²) in [5.74, 6) is 0.447. The predicted molar refractivity (Wildman–Crippen MR) is 78.3 cm³/mol. The number of ether oxygens (including phenoxy) is 2. The second kappa shape index (κ2) is 6.88. The molecule has 0 saturated carbocycles. The fraction of sp³-hybridized carbons (Fsp3) is 0.235. The van der Waals surface area contributed by atoms with E-state index >= 15 is 0 Å². The topological polar surface area (TPSA) is 35.5 Å². The molecule has 0 aromatic heterocycles. The Morgan fingerprint density at radius 3 is 2.48 bits per heavy atom. The Balaban J connectivity index is 2.05. The summed E-state index contributed by atoms with van der Waals surface area (Å²) < 4.78 is 24.4. The molecule has 4 heteroatoms. The van der Waals surface area contributed by atoms with Crippen LogP contribution in [-0.4, -0.2) is 12.9 Å². The highest BCUT2D eigenvalue weighted by Gasteiger charge is 2.09. The third kappa shape index (κ3) is 3.60. The number of carbonyl (C=O) groups excluding carboxylic acids is 1. The van der Waals surface area contributed by atoms with Crippen LogP contribution < -0.4 is 9.47 Å². The molecule has 2 aromatic carbocycles. The number of methoxy groups -OCH3 is 1. The molecule has 0 aliphatic rings. The number of Topliss-reactive ketones (excluding diaryl/α,β-unsaturated/α-hetero) is 1. The van der Waals surface area contributed by atoms with Gasteiger partial charge < -0.3 is 9.47 Å². The minimum absolute atomic E-state index is 0.0837. The first-order valence-electron chi connectivity index (χ1n) is 6.73. The van der Waals surface area contributed by atoms with Gasteiger partial charge in [0.2, 0.25) is 0 Å². The Bertz CT molecular complexity index is 620. The van der Waals surface area contributed by atoms with Crippen LogP contribution in [0.15, 0.2) is 42.5 Å². The number of hydrogen-bond acceptors (Lipinski definition) is 3. The maximum atomic E-state index is 13.9. The highest BCUT2D eigenvalue weighted by molar-refractivity contribution is 5.95. The van der Waals surface area contributed by atoms with Crippen molar-refractivity contribution in [3.8, 4) is 11.5 Å². The highest BCUT2D eigenvalue weighted by atomic mass is 19.1. The van der Waals surface area contributed by atoms with Crippen LogP contribution in [0.5, 0.6) is 11.5 Å². The van der Waals surface area contributed by atoms with Gasteiger partial charge in [-0.25, -0.2) is 4.39 Å². The summed E-state index contributed by atoms with van der Waals surface area (Å²) in [6, 6.07) is 11.8. The summed E-state index contributed by atoms with van der Waals surface area (Å²) in [6.07, 6.45) is 0.467. The van der Waals surface area contributed by atoms with Gasteiger partial charge in [0.15, 0.2) is 17.3 Å². The third-order valence-corrected chi connectivity index (χ3v) is 3.15. The summed E-state index contributed by atoms with van der Waals surface area (Å²) in [5, 5.41) is 0. The smallest absolute Gasteiger partial charge is 0.171 e. The first-order chi connectivity index (χ1) is 10.2. The van der Waals surface area contributed by atoms with Gasteiger partial charge >= 0.3 is 0 Å². The van der Waals surface area contributed by atoms with Crippen LogP contribution in [0.25, 0.3) is 0 Å². The first-order valence-corrected chi connectivity index (χ1v) is 6.73. The van der Waals surface area contributed by atoms with Crippen molar-refractivity contribution < 1.29 is 18.7 Å². The van der Waals surface area contributed by atoms with Crippen LogP contribution in [-0.2, 0) is 6.61 Å². The minimum Gasteiger partial charge on any atom is -0.494 e. The summed E-state index contributed by atoms with van der Waals surface area (Å²) in [6.45, 7) is 1.92. The molecule has 3 nitrogen and oxygen atoms in total. The molecular formula is C17H17FO3. The molecule has 0 aliphatic carbocycles. The van der Waals surface area contributed by atoms with Gasteiger partial charge in [-0.2, -0.15) is 0 Å². The molecule has 110 valence electrons. The number of ketones is 1. The Hall–Kier alpha value is -2.36. The number of benzene rings is 2. The van der Waals surface area contributed by atoms with Crippen LogP contribution in [0.2, 0.25) is 0 Å². The van der Waals surface area contributed by atoms with Crippen molar-refractivity contribution in [2.45, 2.75) is 20.0 Å². The van der Waals surface area contributed by atoms with Crippen LogP contribution in [0.4, 0.5) is 4.39 Å². The van der Waals surface area contributed by atoms with E-state index in [2.05, 4.69) is 0 Å². The zero-order chi connectivity index (χ0) is 15.2. The zero-order valence-electron chi connectivity index (χ0n) is 12.1. The first kappa shape index (κ1) is 15.0. The summed E-state index contributed by atoms with van der Waals surface area (Å²) in [4.78, 5) is 11.5. The van der Waals surface area contributed by atoms with Gasteiger partial charge in [-0.3, -0.25) is 4.79 Å². The number of halogens is 1. The van der Waals surface area contributed by atoms with Crippen molar-refractivity contribution in [3.63, 3.8) is 0 Å². The van der Waals surface area contributed by atoms with E-state index in [1.165, 1.54) is 7.11 Å². The SMILES string of the molecule is CCC(=O)c1ccc(OCc2cccc(OC)c2F)cc1. The van der Waals surface area contributed by atoms with E-state index in [1.54, 1.807) is 42.5 Å². The normalized spacial score (nSPS) is 10.2. The highest BCUT2D eigenvalue weighted by Crippen LogP contribution is 2.22. The fourth-order valence-corrected chi connectivity index (χ4v) is 1.93. The molecule has 0 aliphatic heterocycles. The van der Waals surface area contributed by atoms with Crippen molar-refractivity contribution in [2.24, 2.45) is 0 Å². The van der Waals surface area contributed by atoms with Crippen LogP contribution in [0.3, 0.4) is 0 Å². The number of rotatable bonds is 6. The van der Waals surface area contributed by atoms with Gasteiger partial charge in [-0.1, -0.05) is 19.1 Å². The summed E-state index contributed by atoms with van der Waals surface area (Å²) in [7, 11) is 1.42. The molecule has 0 saturated heterocycles. The zero-order valence-corrected chi connectivity index (χ0v) is 12.1. The maximum Gasteiger partial charge on any atom is 0.171 e. The maximum absolute atomic E-state index is 13.9. The molecular weight excluding hydrogens is 271 g/mol. The lowest BCUT2D eigenvalue weighted by Crippen LogP contribution is -2.01. The van der Waals surface area contributed by atoms with Gasteiger partial charge in [-0.15, -0.1) is 0 Å². The lowest BCUT2D eigenvalue weighted by Gasteiger charge is -2.09.